The second-order valence-corrected chi connectivity index (χ2v) is 6.52. The Morgan fingerprint density at radius 3 is 3.10 bits per heavy atom. The fourth-order valence-corrected chi connectivity index (χ4v) is 4.23. The predicted octanol–water partition coefficient (Wildman–Crippen LogP) is 1.80. The van der Waals surface area contributed by atoms with Crippen LogP contribution in [0.2, 0.25) is 0 Å². The van der Waals surface area contributed by atoms with Crippen molar-refractivity contribution in [2.75, 3.05) is 0 Å². The number of aromatic amines is 1. The molecule has 0 radical (unpaired) electrons. The van der Waals surface area contributed by atoms with Crippen molar-refractivity contribution in [2.45, 2.75) is 38.3 Å². The van der Waals surface area contributed by atoms with E-state index in [1.165, 1.54) is 0 Å². The molecule has 110 valence electrons. The first-order chi connectivity index (χ1) is 10.2. The molecule has 0 spiro atoms. The number of hydrogen-bond acceptors (Lipinski definition) is 3. The number of carbonyl (C=O) groups excluding carboxylic acids is 1. The first-order valence-electron chi connectivity index (χ1n) is 7.90. The molecule has 1 aromatic heterocycles. The molecule has 3 aliphatic rings. The topological polar surface area (TPSA) is 57.8 Å². The highest BCUT2D eigenvalue weighted by molar-refractivity contribution is 5.85. The highest BCUT2D eigenvalue weighted by Gasteiger charge is 2.45. The monoisotopic (exact) mass is 283 g/mol. The number of hydrogen-bond donors (Lipinski definition) is 2. The van der Waals surface area contributed by atoms with Crippen molar-refractivity contribution in [3.05, 3.63) is 42.0 Å². The molecule has 1 aromatic rings. The van der Waals surface area contributed by atoms with Crippen LogP contribution in [0.4, 0.5) is 0 Å². The molecular formula is C17H21N3O. The van der Waals surface area contributed by atoms with Crippen molar-refractivity contribution < 1.29 is 4.79 Å². The number of Topliss-reactive ketones (excluding diaryl/α,β-unsaturated/α-hetero) is 1. The Morgan fingerprint density at radius 1 is 1.33 bits per heavy atom. The molecule has 4 heteroatoms. The van der Waals surface area contributed by atoms with Gasteiger partial charge in [-0.1, -0.05) is 24.3 Å². The smallest absolute Gasteiger partial charge is 0.141 e. The van der Waals surface area contributed by atoms with E-state index in [1.807, 2.05) is 0 Å². The number of ketones is 1. The van der Waals surface area contributed by atoms with Crippen molar-refractivity contribution in [3.63, 3.8) is 0 Å². The van der Waals surface area contributed by atoms with E-state index in [2.05, 4.69) is 46.5 Å². The van der Waals surface area contributed by atoms with Gasteiger partial charge in [0.25, 0.3) is 0 Å². The largest absolute Gasteiger partial charge is 0.348 e. The molecule has 0 amide bonds. The molecule has 2 heterocycles. The first-order valence-corrected chi connectivity index (χ1v) is 7.90. The molecule has 0 saturated carbocycles. The third-order valence-corrected chi connectivity index (χ3v) is 5.30. The lowest BCUT2D eigenvalue weighted by molar-refractivity contribution is -0.128. The molecule has 5 atom stereocenters. The van der Waals surface area contributed by atoms with E-state index in [0.29, 0.717) is 17.7 Å². The second-order valence-electron chi connectivity index (χ2n) is 6.52. The molecule has 0 bridgehead atoms. The van der Waals surface area contributed by atoms with Gasteiger partial charge in [-0.15, -0.1) is 0 Å². The van der Waals surface area contributed by atoms with Gasteiger partial charge in [0, 0.05) is 35.5 Å². The quantitative estimate of drug-likeness (QED) is 0.870. The van der Waals surface area contributed by atoms with Crippen molar-refractivity contribution in [3.8, 4) is 0 Å². The second kappa shape index (κ2) is 4.95. The summed E-state index contributed by atoms with van der Waals surface area (Å²) in [6.45, 7) is 2.15. The number of imidazole rings is 1. The minimum absolute atomic E-state index is 0.102. The molecule has 1 saturated heterocycles. The van der Waals surface area contributed by atoms with Gasteiger partial charge in [0.15, 0.2) is 0 Å². The summed E-state index contributed by atoms with van der Waals surface area (Å²) in [6, 6.07) is 0.577. The number of rotatable bonds is 2. The summed E-state index contributed by atoms with van der Waals surface area (Å²) in [7, 11) is 0. The molecule has 0 aromatic carbocycles. The number of nitrogens with zero attached hydrogens (tertiary/aromatic N) is 1. The van der Waals surface area contributed by atoms with Gasteiger partial charge in [0.05, 0.1) is 12.0 Å². The molecule has 2 N–H and O–H groups in total. The van der Waals surface area contributed by atoms with E-state index >= 15 is 0 Å². The van der Waals surface area contributed by atoms with E-state index in [1.54, 1.807) is 6.33 Å². The number of aromatic nitrogens is 2. The fraction of sp³-hybridized carbons (Fsp3) is 0.529. The highest BCUT2D eigenvalue weighted by Crippen LogP contribution is 2.36. The number of carbonyl (C=O) groups is 1. The molecule has 1 aliphatic heterocycles. The van der Waals surface area contributed by atoms with Gasteiger partial charge in [-0.25, -0.2) is 4.98 Å². The summed E-state index contributed by atoms with van der Waals surface area (Å²) in [5.41, 5.74) is 2.31. The Kier molecular flexibility index (Phi) is 3.07. The number of H-pyrrole nitrogens is 1. The molecule has 4 rings (SSSR count). The normalized spacial score (nSPS) is 37.3. The van der Waals surface area contributed by atoms with Crippen LogP contribution in [0.3, 0.4) is 0 Å². The zero-order valence-corrected chi connectivity index (χ0v) is 12.3. The van der Waals surface area contributed by atoms with Crippen LogP contribution < -0.4 is 5.32 Å². The van der Waals surface area contributed by atoms with Crippen LogP contribution in [-0.4, -0.2) is 27.8 Å². The van der Waals surface area contributed by atoms with Crippen LogP contribution in [-0.2, 0) is 17.6 Å². The van der Waals surface area contributed by atoms with E-state index in [4.69, 9.17) is 0 Å². The third-order valence-electron chi connectivity index (χ3n) is 5.30. The summed E-state index contributed by atoms with van der Waals surface area (Å²) in [6.07, 6.45) is 13.0. The predicted molar refractivity (Wildman–Crippen MR) is 80.8 cm³/mol. The minimum atomic E-state index is 0.102. The van der Waals surface area contributed by atoms with Crippen molar-refractivity contribution in [1.29, 1.82) is 0 Å². The third kappa shape index (κ3) is 2.09. The first kappa shape index (κ1) is 13.0. The average Bonchev–Trinajstić information content (AvgIpc) is 3.08. The van der Waals surface area contributed by atoms with E-state index in [0.717, 1.165) is 30.7 Å². The number of fused-ring (bicyclic) bond motifs is 2. The van der Waals surface area contributed by atoms with Gasteiger partial charge in [-0.05, 0) is 26.2 Å². The molecule has 1 fully saturated rings. The Balaban J connectivity index is 1.55. The maximum absolute atomic E-state index is 13.1. The minimum Gasteiger partial charge on any atom is -0.348 e. The summed E-state index contributed by atoms with van der Waals surface area (Å²) >= 11 is 0. The lowest BCUT2D eigenvalue weighted by atomic mass is 9.75. The Morgan fingerprint density at radius 2 is 2.19 bits per heavy atom. The fourth-order valence-electron chi connectivity index (χ4n) is 4.23. The van der Waals surface area contributed by atoms with Crippen LogP contribution in [0.5, 0.6) is 0 Å². The van der Waals surface area contributed by atoms with Crippen molar-refractivity contribution in [2.24, 2.45) is 17.8 Å². The average molecular weight is 283 g/mol. The van der Waals surface area contributed by atoms with Gasteiger partial charge >= 0.3 is 0 Å². The van der Waals surface area contributed by atoms with Crippen LogP contribution in [0.25, 0.3) is 0 Å². The van der Waals surface area contributed by atoms with Gasteiger partial charge in [0.2, 0.25) is 0 Å². The van der Waals surface area contributed by atoms with Crippen LogP contribution in [0.15, 0.2) is 30.6 Å². The summed E-state index contributed by atoms with van der Waals surface area (Å²) in [4.78, 5) is 20.6. The molecule has 21 heavy (non-hydrogen) atoms. The Hall–Kier alpha value is -1.68. The van der Waals surface area contributed by atoms with E-state index in [-0.39, 0.29) is 17.9 Å². The van der Waals surface area contributed by atoms with E-state index < -0.39 is 0 Å². The van der Waals surface area contributed by atoms with Crippen LogP contribution in [0, 0.1) is 17.8 Å². The van der Waals surface area contributed by atoms with Crippen LogP contribution in [0.1, 0.15) is 24.7 Å². The number of aryl methyl sites for hydroxylation is 1. The van der Waals surface area contributed by atoms with E-state index in [9.17, 15) is 4.79 Å². The standard InChI is InChI=1S/C17H21N3O/c1-10-16(12-4-2-3-5-13(12)20-10)17(21)11-6-7-14-15(8-11)19-9-18-14/h2-5,9-13,16,20H,6-8H2,1H3,(H,18,19). The van der Waals surface area contributed by atoms with Crippen molar-refractivity contribution in [1.82, 2.24) is 15.3 Å². The van der Waals surface area contributed by atoms with Gasteiger partial charge < -0.3 is 10.3 Å². The molecular weight excluding hydrogens is 262 g/mol. The van der Waals surface area contributed by atoms with Gasteiger partial charge in [-0.3, -0.25) is 4.79 Å². The Bertz CT molecular complexity index is 615. The summed E-state index contributed by atoms with van der Waals surface area (Å²) in [5, 5.41) is 3.56. The summed E-state index contributed by atoms with van der Waals surface area (Å²) < 4.78 is 0. The number of allylic oxidation sites excluding steroid dienone is 2. The molecule has 2 aliphatic carbocycles. The number of nitrogens with one attached hydrogen (secondary N) is 2. The zero-order valence-electron chi connectivity index (χ0n) is 12.3. The van der Waals surface area contributed by atoms with Crippen LogP contribution >= 0.6 is 0 Å². The zero-order chi connectivity index (χ0) is 14.4. The SMILES string of the molecule is CC1NC2C=CC=CC2C1C(=O)C1CCc2nc[nH]c2C1. The Labute approximate surface area is 124 Å². The lowest BCUT2D eigenvalue weighted by Crippen LogP contribution is -2.36. The lowest BCUT2D eigenvalue weighted by Gasteiger charge is -2.27. The van der Waals surface area contributed by atoms with Gasteiger partial charge in [0.1, 0.15) is 5.78 Å². The highest BCUT2D eigenvalue weighted by atomic mass is 16.1. The van der Waals surface area contributed by atoms with Gasteiger partial charge in [-0.2, -0.15) is 0 Å². The molecule has 4 nitrogen and oxygen atoms in total. The maximum Gasteiger partial charge on any atom is 0.141 e. The summed E-state index contributed by atoms with van der Waals surface area (Å²) in [5.74, 6) is 0.999. The molecule has 5 unspecified atom stereocenters. The maximum atomic E-state index is 13.1. The van der Waals surface area contributed by atoms with Crippen molar-refractivity contribution >= 4 is 5.78 Å².